The number of nitrogens with one attached hydrogen (secondary N) is 2. The topological polar surface area (TPSA) is 162 Å². The molecule has 0 aromatic carbocycles. The summed E-state index contributed by atoms with van der Waals surface area (Å²) in [5.74, 6) is -6.30. The molecule has 69 heavy (non-hydrogen) atoms. The summed E-state index contributed by atoms with van der Waals surface area (Å²) >= 11 is 0. The van der Waals surface area contributed by atoms with Crippen LogP contribution in [0, 0.1) is 0 Å². The van der Waals surface area contributed by atoms with Crippen LogP contribution in [-0.4, -0.2) is 135 Å². The molecule has 14 nitrogen and oxygen atoms in total. The number of alkyl halides is 6. The maximum absolute atomic E-state index is 13.0. The number of carbonyl (C=O) groups excluding carboxylic acids is 2. The minimum atomic E-state index is -5.10. The first-order valence-corrected chi connectivity index (χ1v) is 24.5. The predicted octanol–water partition coefficient (Wildman–Crippen LogP) is 6.38. The number of unbranched alkanes of at least 4 members (excludes halogenated alkanes) is 14. The Kier molecular flexibility index (Phi) is 31.8. The Bertz CT molecular complexity index is 1450. The second kappa shape index (κ2) is 33.4. The van der Waals surface area contributed by atoms with E-state index in [0.717, 1.165) is 25.7 Å². The number of rotatable bonds is 25. The van der Waals surface area contributed by atoms with E-state index < -0.39 is 97.0 Å². The summed E-state index contributed by atoms with van der Waals surface area (Å²) in [6.07, 6.45) is 5.14. The Labute approximate surface area is 430 Å². The normalized spacial score (nSPS) is 28.1. The number of ether oxygens (including phenoxy) is 9. The van der Waals surface area contributed by atoms with Gasteiger partial charge in [0.05, 0.1) is 26.4 Å². The first kappa shape index (κ1) is 65.6. The Balaban J connectivity index is 0.00000113. The average Bonchev–Trinajstić information content (AvgIpc) is 3.27. The molecule has 3 N–H and O–H groups in total. The number of fused-ring (bicyclic) bond motifs is 2. The first-order valence-electron chi connectivity index (χ1n) is 24.5. The second-order valence-electron chi connectivity index (χ2n) is 18.3. The van der Waals surface area contributed by atoms with Crippen LogP contribution in [0.5, 0.6) is 0 Å². The summed E-state index contributed by atoms with van der Waals surface area (Å²) in [6.45, 7) is 20.8. The quantitative estimate of drug-likeness (QED) is 0.0402. The minimum absolute atomic E-state index is 0. The van der Waals surface area contributed by atoms with E-state index in [0.29, 0.717) is 6.61 Å². The summed E-state index contributed by atoms with van der Waals surface area (Å²) in [4.78, 5) is 23.0. The molecule has 4 rings (SSSR count). The van der Waals surface area contributed by atoms with Gasteiger partial charge in [-0.25, -0.2) is 0 Å². The Morgan fingerprint density at radius 2 is 0.986 bits per heavy atom. The molecule has 4 heterocycles. The zero-order chi connectivity index (χ0) is 51.0. The van der Waals surface area contributed by atoms with Gasteiger partial charge in [-0.3, -0.25) is 9.59 Å². The average molecular weight is 1020 g/mol. The molecule has 400 valence electrons. The van der Waals surface area contributed by atoms with Crippen LogP contribution >= 0.6 is 0 Å². The van der Waals surface area contributed by atoms with E-state index in [1.807, 2.05) is 5.32 Å². The summed E-state index contributed by atoms with van der Waals surface area (Å²) in [5, 5.41) is 14.2. The number of aliphatic hydroxyl groups excluding tert-OH is 1. The SMILES string of the molecule is C=CCOC1OC2COC(C)(C)OC2C(O)C1NC(=O)C(F)(F)F.C=CCOC1OC2COC(C)(C)OC2C(OCCCCCCCCC)C1NC(=O)C(F)(F)F.CCCCCCCCCCC.[H-].[Na+]. The number of aliphatic hydroxyl groups is 1. The summed E-state index contributed by atoms with van der Waals surface area (Å²) in [6, 6.07) is -2.69. The van der Waals surface area contributed by atoms with Gasteiger partial charge in [-0.1, -0.05) is 129 Å². The van der Waals surface area contributed by atoms with Crippen molar-refractivity contribution in [3.8, 4) is 0 Å². The molecule has 10 unspecified atom stereocenters. The molecule has 0 aromatic heterocycles. The van der Waals surface area contributed by atoms with Gasteiger partial charge >= 0.3 is 53.7 Å². The van der Waals surface area contributed by atoms with Gasteiger partial charge in [0.25, 0.3) is 0 Å². The van der Waals surface area contributed by atoms with Crippen molar-refractivity contribution in [2.45, 2.75) is 236 Å². The molecule has 4 aliphatic rings. The minimum Gasteiger partial charge on any atom is -1.00 e. The summed E-state index contributed by atoms with van der Waals surface area (Å²) in [5.41, 5.74) is 0. The van der Waals surface area contributed by atoms with Crippen molar-refractivity contribution >= 4 is 11.8 Å². The van der Waals surface area contributed by atoms with E-state index in [4.69, 9.17) is 42.6 Å². The van der Waals surface area contributed by atoms with Crippen molar-refractivity contribution in [2.75, 3.05) is 33.0 Å². The molecule has 0 saturated carbocycles. The van der Waals surface area contributed by atoms with Crippen LogP contribution in [0.4, 0.5) is 26.3 Å². The van der Waals surface area contributed by atoms with Crippen molar-refractivity contribution in [1.29, 1.82) is 0 Å². The van der Waals surface area contributed by atoms with E-state index in [-0.39, 0.29) is 57.4 Å². The fraction of sp³-hybridized carbons (Fsp3) is 0.875. The van der Waals surface area contributed by atoms with Crippen molar-refractivity contribution in [2.24, 2.45) is 0 Å². The number of hydrogen-bond acceptors (Lipinski definition) is 12. The smallest absolute Gasteiger partial charge is 1.00 e. The van der Waals surface area contributed by atoms with Gasteiger partial charge in [-0.2, -0.15) is 26.3 Å². The third kappa shape index (κ3) is 24.5. The molecule has 10 atom stereocenters. The van der Waals surface area contributed by atoms with Crippen LogP contribution in [0.2, 0.25) is 0 Å². The Hall–Kier alpha value is -1.40. The van der Waals surface area contributed by atoms with Crippen molar-refractivity contribution in [3.05, 3.63) is 25.3 Å². The van der Waals surface area contributed by atoms with Gasteiger partial charge in [0, 0.05) is 6.61 Å². The third-order valence-electron chi connectivity index (χ3n) is 11.5. The van der Waals surface area contributed by atoms with Crippen molar-refractivity contribution < 1.29 is 115 Å². The summed E-state index contributed by atoms with van der Waals surface area (Å²) in [7, 11) is 0. The molecule has 0 spiro atoms. The molecule has 4 saturated heterocycles. The van der Waals surface area contributed by atoms with E-state index in [9.17, 15) is 41.0 Å². The van der Waals surface area contributed by atoms with Gasteiger partial charge < -0.3 is 59.8 Å². The van der Waals surface area contributed by atoms with Gasteiger partial charge in [-0.15, -0.1) is 13.2 Å². The number of carbonyl (C=O) groups is 2. The molecular formula is C48H83F6N2NaO12. The first-order chi connectivity index (χ1) is 32.0. The largest absolute Gasteiger partial charge is 1.00 e. The molecule has 0 radical (unpaired) electrons. The zero-order valence-corrected chi connectivity index (χ0v) is 44.4. The van der Waals surface area contributed by atoms with Crippen LogP contribution in [-0.2, 0) is 52.2 Å². The Morgan fingerprint density at radius 1 is 0.623 bits per heavy atom. The monoisotopic (exact) mass is 1020 g/mol. The molecular weight excluding hydrogens is 934 g/mol. The summed E-state index contributed by atoms with van der Waals surface area (Å²) < 4.78 is 127. The number of halogens is 6. The van der Waals surface area contributed by atoms with Crippen LogP contribution < -0.4 is 40.2 Å². The maximum Gasteiger partial charge on any atom is 1.00 e. The fourth-order valence-corrected chi connectivity index (χ4v) is 7.91. The van der Waals surface area contributed by atoms with Crippen molar-refractivity contribution in [1.82, 2.24) is 10.6 Å². The second-order valence-corrected chi connectivity index (χ2v) is 18.3. The third-order valence-corrected chi connectivity index (χ3v) is 11.5. The van der Waals surface area contributed by atoms with Gasteiger partial charge in [0.1, 0.15) is 48.7 Å². The van der Waals surface area contributed by atoms with Crippen LogP contribution in [0.3, 0.4) is 0 Å². The maximum atomic E-state index is 13.0. The van der Waals surface area contributed by atoms with Crippen LogP contribution in [0.1, 0.15) is 153 Å². The predicted molar refractivity (Wildman–Crippen MR) is 243 cm³/mol. The molecule has 0 bridgehead atoms. The molecule has 21 heteroatoms. The van der Waals surface area contributed by atoms with E-state index in [1.165, 1.54) is 89.2 Å². The van der Waals surface area contributed by atoms with E-state index in [1.54, 1.807) is 33.0 Å². The standard InChI is InChI=1S/C23H38F3NO6.C14H20F3NO6.C11H24.Na.H/c1-5-7-8-9-10-11-12-14-29-19-17(27-21(28)23(24,25)26)20(30-13-6-2)32-16-15-31-22(3,4)33-18(16)19;1-4-5-21-11-8(18-12(20)14(15,16)17)9(19)10-7(23-11)6-22-13(2,3)24-10;1-3-5-7-9-11-10-8-6-4-2;;/h6,16-20H,2,5,7-15H2,1,3-4H3,(H,27,28);4,7-11,19H,1,5-6H2,2-3H3,(H,18,20);3-11H2,1-2H3;;/q;;;+1;-1. The Morgan fingerprint density at radius 3 is 1.39 bits per heavy atom. The van der Waals surface area contributed by atoms with Crippen LogP contribution in [0.15, 0.2) is 25.3 Å². The number of amides is 2. The van der Waals surface area contributed by atoms with Gasteiger partial charge in [0.15, 0.2) is 24.2 Å². The molecule has 0 aliphatic carbocycles. The van der Waals surface area contributed by atoms with E-state index in [2.05, 4.69) is 33.9 Å². The molecule has 0 aromatic rings. The van der Waals surface area contributed by atoms with Gasteiger partial charge in [0.2, 0.25) is 0 Å². The molecule has 2 amide bonds. The van der Waals surface area contributed by atoms with Crippen LogP contribution in [0.25, 0.3) is 0 Å². The van der Waals surface area contributed by atoms with Crippen molar-refractivity contribution in [3.63, 3.8) is 0 Å². The fourth-order valence-electron chi connectivity index (χ4n) is 7.91. The zero-order valence-electron chi connectivity index (χ0n) is 43.4. The van der Waals surface area contributed by atoms with Gasteiger partial charge in [-0.05, 0) is 34.1 Å². The number of hydrogen-bond donors (Lipinski definition) is 3. The molecule has 4 aliphatic heterocycles. The molecule has 4 fully saturated rings. The van der Waals surface area contributed by atoms with E-state index >= 15 is 0 Å².